The zero-order chi connectivity index (χ0) is 16.8. The molecule has 5 heteroatoms. The molecule has 0 unspecified atom stereocenters. The van der Waals surface area contributed by atoms with Gasteiger partial charge in [0.05, 0.1) is 19.7 Å². The molecule has 0 N–H and O–H groups in total. The lowest BCUT2D eigenvalue weighted by atomic mass is 10.1. The van der Waals surface area contributed by atoms with Crippen molar-refractivity contribution in [2.45, 2.75) is 11.1 Å². The molecule has 0 saturated carbocycles. The van der Waals surface area contributed by atoms with Gasteiger partial charge in [-0.25, -0.2) is 0 Å². The second kappa shape index (κ2) is 8.33. The standard InChI is InChI=1S/C19H17Cl2NOSi/c20-19(21)24-18-10-2-1-6-15(18)13-23-16-8-5-7-14(12-16)17-9-3-4-11-22-17/h1-12,19H,13,24H2. The first-order valence-corrected chi connectivity index (χ1v) is 10.1. The van der Waals surface area contributed by atoms with Gasteiger partial charge < -0.3 is 4.74 Å². The van der Waals surface area contributed by atoms with E-state index in [1.165, 1.54) is 5.19 Å². The number of nitrogens with zero attached hydrogens (tertiary/aromatic N) is 1. The maximum atomic E-state index is 5.98. The summed E-state index contributed by atoms with van der Waals surface area (Å²) in [6.07, 6.45) is 1.79. The molecule has 24 heavy (non-hydrogen) atoms. The molecule has 0 fully saturated rings. The highest BCUT2D eigenvalue weighted by atomic mass is 35.5. The quantitative estimate of drug-likeness (QED) is 0.483. The highest BCUT2D eigenvalue weighted by Gasteiger charge is 2.08. The summed E-state index contributed by atoms with van der Waals surface area (Å²) in [7, 11) is -0.714. The second-order valence-corrected chi connectivity index (χ2v) is 9.69. The molecular formula is C19H17Cl2NOSi. The fraction of sp³-hybridized carbons (Fsp3) is 0.105. The van der Waals surface area contributed by atoms with Gasteiger partial charge in [-0.1, -0.05) is 47.7 Å². The van der Waals surface area contributed by atoms with Crippen molar-refractivity contribution in [3.05, 3.63) is 78.5 Å². The van der Waals surface area contributed by atoms with Crippen LogP contribution in [0.3, 0.4) is 0 Å². The third-order valence-corrected chi connectivity index (χ3v) is 6.05. The van der Waals surface area contributed by atoms with E-state index in [2.05, 4.69) is 17.1 Å². The van der Waals surface area contributed by atoms with E-state index in [4.69, 9.17) is 27.9 Å². The molecule has 3 rings (SSSR count). The van der Waals surface area contributed by atoms with Gasteiger partial charge in [-0.05, 0) is 29.8 Å². The van der Waals surface area contributed by atoms with Crippen LogP contribution in [0.5, 0.6) is 5.75 Å². The Morgan fingerprint density at radius 1 is 0.958 bits per heavy atom. The maximum absolute atomic E-state index is 5.98. The van der Waals surface area contributed by atoms with E-state index in [1.54, 1.807) is 6.20 Å². The van der Waals surface area contributed by atoms with Crippen LogP contribution < -0.4 is 9.92 Å². The first-order chi connectivity index (χ1) is 11.7. The summed E-state index contributed by atoms with van der Waals surface area (Å²) in [5.74, 6) is 0.822. The molecule has 0 amide bonds. The van der Waals surface area contributed by atoms with Crippen LogP contribution in [0.15, 0.2) is 72.9 Å². The Morgan fingerprint density at radius 2 is 1.79 bits per heavy atom. The van der Waals surface area contributed by atoms with Gasteiger partial charge in [0.15, 0.2) is 0 Å². The van der Waals surface area contributed by atoms with Gasteiger partial charge in [-0.3, -0.25) is 4.98 Å². The van der Waals surface area contributed by atoms with E-state index in [0.29, 0.717) is 6.61 Å². The molecule has 2 nitrogen and oxygen atoms in total. The highest BCUT2D eigenvalue weighted by molar-refractivity contribution is 6.76. The van der Waals surface area contributed by atoms with Crippen LogP contribution in [0.1, 0.15) is 5.56 Å². The molecule has 0 aliphatic carbocycles. The van der Waals surface area contributed by atoms with Gasteiger partial charge in [0.1, 0.15) is 12.4 Å². The number of aromatic nitrogens is 1. The van der Waals surface area contributed by atoms with Crippen LogP contribution in [0, 0.1) is 0 Å². The Labute approximate surface area is 154 Å². The minimum atomic E-state index is -0.714. The Morgan fingerprint density at radius 3 is 2.58 bits per heavy atom. The molecule has 0 atom stereocenters. The van der Waals surface area contributed by atoms with Crippen LogP contribution >= 0.6 is 23.2 Å². The number of benzene rings is 2. The first-order valence-electron chi connectivity index (χ1n) is 7.71. The van der Waals surface area contributed by atoms with E-state index in [1.807, 2.05) is 54.6 Å². The zero-order valence-corrected chi connectivity index (χ0v) is 16.0. The second-order valence-electron chi connectivity index (χ2n) is 5.40. The average molecular weight is 374 g/mol. The van der Waals surface area contributed by atoms with Gasteiger partial charge >= 0.3 is 0 Å². The summed E-state index contributed by atoms with van der Waals surface area (Å²) in [6.45, 7) is 0.509. The van der Waals surface area contributed by atoms with E-state index in [0.717, 1.165) is 22.6 Å². The average Bonchev–Trinajstić information content (AvgIpc) is 2.61. The van der Waals surface area contributed by atoms with Gasteiger partial charge in [0, 0.05) is 11.8 Å². The van der Waals surface area contributed by atoms with Crippen molar-refractivity contribution >= 4 is 37.9 Å². The Kier molecular flexibility index (Phi) is 5.91. The molecule has 2 aromatic carbocycles. The predicted octanol–water partition coefficient (Wildman–Crippen LogP) is 3.88. The van der Waals surface area contributed by atoms with E-state index < -0.39 is 9.52 Å². The van der Waals surface area contributed by atoms with Crippen LogP contribution in [0.4, 0.5) is 0 Å². The smallest absolute Gasteiger partial charge is 0.120 e. The third kappa shape index (κ3) is 4.60. The number of ether oxygens (including phenoxy) is 1. The summed E-state index contributed by atoms with van der Waals surface area (Å²) >= 11 is 11.9. The predicted molar refractivity (Wildman–Crippen MR) is 104 cm³/mol. The Balaban J connectivity index is 1.74. The van der Waals surface area contributed by atoms with Crippen LogP contribution in [0.2, 0.25) is 0 Å². The van der Waals surface area contributed by atoms with E-state index in [-0.39, 0.29) is 4.46 Å². The highest BCUT2D eigenvalue weighted by Crippen LogP contribution is 2.22. The maximum Gasteiger partial charge on any atom is 0.120 e. The molecular weight excluding hydrogens is 357 g/mol. The lowest BCUT2D eigenvalue weighted by Gasteiger charge is -2.12. The van der Waals surface area contributed by atoms with Crippen molar-refractivity contribution in [1.29, 1.82) is 0 Å². The molecule has 0 aliphatic heterocycles. The van der Waals surface area contributed by atoms with Crippen molar-refractivity contribution in [2.75, 3.05) is 0 Å². The van der Waals surface area contributed by atoms with E-state index in [9.17, 15) is 0 Å². The van der Waals surface area contributed by atoms with Gasteiger partial charge in [0.2, 0.25) is 0 Å². The molecule has 122 valence electrons. The monoisotopic (exact) mass is 373 g/mol. The summed E-state index contributed by atoms with van der Waals surface area (Å²) in [4.78, 5) is 4.38. The summed E-state index contributed by atoms with van der Waals surface area (Å²) in [6, 6.07) is 22.0. The van der Waals surface area contributed by atoms with Gasteiger partial charge in [0.25, 0.3) is 0 Å². The van der Waals surface area contributed by atoms with Crippen molar-refractivity contribution in [3.8, 4) is 17.0 Å². The third-order valence-electron chi connectivity index (χ3n) is 3.68. The zero-order valence-electron chi connectivity index (χ0n) is 13.0. The molecule has 0 aliphatic rings. The number of pyridine rings is 1. The Hall–Kier alpha value is -1.81. The van der Waals surface area contributed by atoms with Crippen LogP contribution in [-0.2, 0) is 6.61 Å². The van der Waals surface area contributed by atoms with Gasteiger partial charge in [-0.2, -0.15) is 0 Å². The van der Waals surface area contributed by atoms with Crippen LogP contribution in [-0.4, -0.2) is 19.0 Å². The van der Waals surface area contributed by atoms with Crippen molar-refractivity contribution in [3.63, 3.8) is 0 Å². The molecule has 0 saturated heterocycles. The van der Waals surface area contributed by atoms with Crippen LogP contribution in [0.25, 0.3) is 11.3 Å². The Bertz CT molecular complexity index is 796. The van der Waals surface area contributed by atoms with Crippen molar-refractivity contribution in [2.24, 2.45) is 0 Å². The number of halogens is 2. The molecule has 3 aromatic rings. The minimum Gasteiger partial charge on any atom is -0.489 e. The van der Waals surface area contributed by atoms with Gasteiger partial charge in [-0.15, -0.1) is 23.2 Å². The van der Waals surface area contributed by atoms with E-state index >= 15 is 0 Å². The number of rotatable bonds is 6. The molecule has 1 aromatic heterocycles. The molecule has 0 radical (unpaired) electrons. The topological polar surface area (TPSA) is 22.1 Å². The summed E-state index contributed by atoms with van der Waals surface area (Å²) < 4.78 is 5.71. The normalized spacial score (nSPS) is 11.3. The lowest BCUT2D eigenvalue weighted by Crippen LogP contribution is -2.25. The molecule has 0 spiro atoms. The summed E-state index contributed by atoms with van der Waals surface area (Å²) in [5.41, 5.74) is 3.12. The fourth-order valence-corrected chi connectivity index (χ4v) is 4.59. The fourth-order valence-electron chi connectivity index (χ4n) is 2.50. The number of alkyl halides is 2. The van der Waals surface area contributed by atoms with Crippen molar-refractivity contribution < 1.29 is 4.74 Å². The number of hydrogen-bond acceptors (Lipinski definition) is 2. The van der Waals surface area contributed by atoms with Crippen molar-refractivity contribution in [1.82, 2.24) is 4.98 Å². The number of hydrogen-bond donors (Lipinski definition) is 0. The first kappa shape index (κ1) is 17.0. The largest absolute Gasteiger partial charge is 0.489 e. The summed E-state index contributed by atoms with van der Waals surface area (Å²) in [5, 5.41) is 1.24. The SMILES string of the molecule is ClC(Cl)[SiH2]c1ccccc1COc1cccc(-c2ccccn2)c1. The molecule has 1 heterocycles. The minimum absolute atomic E-state index is 0.279. The molecule has 0 bridgehead atoms. The lowest BCUT2D eigenvalue weighted by molar-refractivity contribution is 0.307.